The molecule has 18 heavy (non-hydrogen) atoms. The van der Waals surface area contributed by atoms with E-state index in [-0.39, 0.29) is 0 Å². The predicted molar refractivity (Wildman–Crippen MR) is 75.3 cm³/mol. The molecule has 0 unspecified atom stereocenters. The summed E-state index contributed by atoms with van der Waals surface area (Å²) >= 11 is 6.22. The highest BCUT2D eigenvalue weighted by molar-refractivity contribution is 6.32. The summed E-state index contributed by atoms with van der Waals surface area (Å²) in [5.41, 5.74) is 3.10. The summed E-state index contributed by atoms with van der Waals surface area (Å²) in [7, 11) is 0. The molecule has 1 aromatic heterocycles. The van der Waals surface area contributed by atoms with Crippen molar-refractivity contribution in [3.63, 3.8) is 0 Å². The molecule has 0 aliphatic heterocycles. The monoisotopic (exact) mass is 263 g/mol. The van der Waals surface area contributed by atoms with Gasteiger partial charge in [0, 0.05) is 12.7 Å². The number of hydrogen-bond donors (Lipinski definition) is 1. The third-order valence-corrected chi connectivity index (χ3v) is 3.03. The zero-order chi connectivity index (χ0) is 13.0. The van der Waals surface area contributed by atoms with Gasteiger partial charge in [0.05, 0.1) is 16.4 Å². The molecule has 0 amide bonds. The molecule has 0 spiro atoms. The van der Waals surface area contributed by atoms with Gasteiger partial charge in [-0.25, -0.2) is 4.68 Å². The molecular formula is C14H18ClN3. The number of benzene rings is 1. The molecule has 4 heteroatoms. The zero-order valence-corrected chi connectivity index (χ0v) is 11.5. The maximum Gasteiger partial charge on any atom is 0.0832 e. The summed E-state index contributed by atoms with van der Waals surface area (Å²) in [6.45, 7) is 5.99. The van der Waals surface area contributed by atoms with Crippen molar-refractivity contribution in [3.05, 3.63) is 46.7 Å². The van der Waals surface area contributed by atoms with Crippen LogP contribution in [0.5, 0.6) is 0 Å². The molecule has 2 rings (SSSR count). The summed E-state index contributed by atoms with van der Waals surface area (Å²) < 4.78 is 1.82. The smallest absolute Gasteiger partial charge is 0.0832 e. The topological polar surface area (TPSA) is 29.9 Å². The largest absolute Gasteiger partial charge is 0.311 e. The second-order valence-corrected chi connectivity index (χ2v) is 4.79. The van der Waals surface area contributed by atoms with Gasteiger partial charge in [0.2, 0.25) is 0 Å². The van der Waals surface area contributed by atoms with Crippen LogP contribution in [0.15, 0.2) is 30.5 Å². The quantitative estimate of drug-likeness (QED) is 0.839. The molecule has 0 bridgehead atoms. The van der Waals surface area contributed by atoms with E-state index in [1.54, 1.807) is 0 Å². The van der Waals surface area contributed by atoms with E-state index in [2.05, 4.69) is 17.3 Å². The Morgan fingerprint density at radius 3 is 2.89 bits per heavy atom. The lowest BCUT2D eigenvalue weighted by Crippen LogP contribution is -2.14. The second-order valence-electron chi connectivity index (χ2n) is 4.38. The van der Waals surface area contributed by atoms with Gasteiger partial charge in [-0.05, 0) is 43.7 Å². The van der Waals surface area contributed by atoms with E-state index in [9.17, 15) is 0 Å². The average molecular weight is 264 g/mol. The number of nitrogens with zero attached hydrogens (tertiary/aromatic N) is 2. The molecule has 0 saturated heterocycles. The summed E-state index contributed by atoms with van der Waals surface area (Å²) in [4.78, 5) is 0. The Labute approximate surface area is 113 Å². The van der Waals surface area contributed by atoms with Crippen molar-refractivity contribution in [2.75, 3.05) is 6.54 Å². The van der Waals surface area contributed by atoms with Crippen molar-refractivity contribution in [2.45, 2.75) is 26.8 Å². The minimum atomic E-state index is 0.728. The molecule has 1 aromatic carbocycles. The predicted octanol–water partition coefficient (Wildman–Crippen LogP) is 3.33. The number of nitrogens with one attached hydrogen (secondary N) is 1. The van der Waals surface area contributed by atoms with Crippen LogP contribution in [0.3, 0.4) is 0 Å². The minimum Gasteiger partial charge on any atom is -0.311 e. The highest BCUT2D eigenvalue weighted by atomic mass is 35.5. The minimum absolute atomic E-state index is 0.728. The van der Waals surface area contributed by atoms with E-state index in [0.29, 0.717) is 0 Å². The molecule has 1 heterocycles. The van der Waals surface area contributed by atoms with Gasteiger partial charge in [-0.2, -0.15) is 5.10 Å². The van der Waals surface area contributed by atoms with Crippen molar-refractivity contribution >= 4 is 11.6 Å². The SMILES string of the molecule is CCCNCc1ccn(-c2ccc(C)cc2Cl)n1. The molecule has 0 saturated carbocycles. The number of halogens is 1. The van der Waals surface area contributed by atoms with Crippen LogP contribution in [0.25, 0.3) is 5.69 Å². The lowest BCUT2D eigenvalue weighted by molar-refractivity contribution is 0.656. The Hall–Kier alpha value is -1.32. The van der Waals surface area contributed by atoms with E-state index in [4.69, 9.17) is 11.6 Å². The first kappa shape index (κ1) is 13.1. The number of rotatable bonds is 5. The van der Waals surface area contributed by atoms with Crippen LogP contribution in [0, 0.1) is 6.92 Å². The second kappa shape index (κ2) is 6.03. The van der Waals surface area contributed by atoms with E-state index in [0.717, 1.165) is 41.5 Å². The third kappa shape index (κ3) is 3.12. The van der Waals surface area contributed by atoms with E-state index < -0.39 is 0 Å². The molecular weight excluding hydrogens is 246 g/mol. The van der Waals surface area contributed by atoms with Crippen LogP contribution in [-0.2, 0) is 6.54 Å². The molecule has 2 aromatic rings. The maximum atomic E-state index is 6.22. The summed E-state index contributed by atoms with van der Waals surface area (Å²) in [6, 6.07) is 8.00. The van der Waals surface area contributed by atoms with Crippen LogP contribution in [0.4, 0.5) is 0 Å². The Morgan fingerprint density at radius 1 is 1.33 bits per heavy atom. The Bertz CT molecular complexity index is 520. The van der Waals surface area contributed by atoms with Crippen LogP contribution in [0.1, 0.15) is 24.6 Å². The standard InChI is InChI=1S/C14H18ClN3/c1-3-7-16-10-12-6-8-18(17-12)14-5-4-11(2)9-13(14)15/h4-6,8-9,16H,3,7,10H2,1-2H3. The highest BCUT2D eigenvalue weighted by Crippen LogP contribution is 2.21. The fraction of sp³-hybridized carbons (Fsp3) is 0.357. The van der Waals surface area contributed by atoms with Crippen molar-refractivity contribution in [1.29, 1.82) is 0 Å². The summed E-state index contributed by atoms with van der Waals surface area (Å²) in [6.07, 6.45) is 3.07. The lowest BCUT2D eigenvalue weighted by atomic mass is 10.2. The van der Waals surface area contributed by atoms with Crippen molar-refractivity contribution < 1.29 is 0 Å². The number of aromatic nitrogens is 2. The fourth-order valence-electron chi connectivity index (χ4n) is 1.78. The Balaban J connectivity index is 2.13. The van der Waals surface area contributed by atoms with Crippen LogP contribution in [0.2, 0.25) is 5.02 Å². The molecule has 0 atom stereocenters. The fourth-order valence-corrected chi connectivity index (χ4v) is 2.10. The van der Waals surface area contributed by atoms with Crippen molar-refractivity contribution in [2.24, 2.45) is 0 Å². The van der Waals surface area contributed by atoms with Gasteiger partial charge in [0.25, 0.3) is 0 Å². The van der Waals surface area contributed by atoms with Gasteiger partial charge in [-0.3, -0.25) is 0 Å². The third-order valence-electron chi connectivity index (χ3n) is 2.73. The highest BCUT2D eigenvalue weighted by Gasteiger charge is 2.05. The molecule has 1 N–H and O–H groups in total. The zero-order valence-electron chi connectivity index (χ0n) is 10.8. The molecule has 0 aliphatic rings. The van der Waals surface area contributed by atoms with Gasteiger partial charge in [0.15, 0.2) is 0 Å². The average Bonchev–Trinajstić information content (AvgIpc) is 2.78. The lowest BCUT2D eigenvalue weighted by Gasteiger charge is -2.05. The summed E-state index contributed by atoms with van der Waals surface area (Å²) in [5, 5.41) is 8.57. The molecule has 0 aliphatic carbocycles. The Morgan fingerprint density at radius 2 is 2.17 bits per heavy atom. The van der Waals surface area contributed by atoms with Crippen molar-refractivity contribution in [3.8, 4) is 5.69 Å². The van der Waals surface area contributed by atoms with Gasteiger partial charge in [0.1, 0.15) is 0 Å². The van der Waals surface area contributed by atoms with E-state index >= 15 is 0 Å². The first-order valence-corrected chi connectivity index (χ1v) is 6.60. The van der Waals surface area contributed by atoms with Gasteiger partial charge >= 0.3 is 0 Å². The van der Waals surface area contributed by atoms with Gasteiger partial charge in [-0.15, -0.1) is 0 Å². The molecule has 0 fully saturated rings. The first-order valence-electron chi connectivity index (χ1n) is 6.22. The van der Waals surface area contributed by atoms with Crippen molar-refractivity contribution in [1.82, 2.24) is 15.1 Å². The van der Waals surface area contributed by atoms with Crippen LogP contribution >= 0.6 is 11.6 Å². The van der Waals surface area contributed by atoms with E-state index in [1.165, 1.54) is 0 Å². The number of aryl methyl sites for hydroxylation is 1. The number of hydrogen-bond acceptors (Lipinski definition) is 2. The Kier molecular flexibility index (Phi) is 4.39. The van der Waals surface area contributed by atoms with Crippen LogP contribution < -0.4 is 5.32 Å². The van der Waals surface area contributed by atoms with E-state index in [1.807, 2.05) is 42.1 Å². The van der Waals surface area contributed by atoms with Gasteiger partial charge < -0.3 is 5.32 Å². The maximum absolute atomic E-state index is 6.22. The van der Waals surface area contributed by atoms with Crippen LogP contribution in [-0.4, -0.2) is 16.3 Å². The normalized spacial score (nSPS) is 10.8. The summed E-state index contributed by atoms with van der Waals surface area (Å²) in [5.74, 6) is 0. The molecule has 0 radical (unpaired) electrons. The molecule has 3 nitrogen and oxygen atoms in total. The molecule has 96 valence electrons. The first-order chi connectivity index (χ1) is 8.70. The van der Waals surface area contributed by atoms with Gasteiger partial charge in [-0.1, -0.05) is 24.6 Å².